The van der Waals surface area contributed by atoms with Crippen LogP contribution < -0.4 is 0 Å². The van der Waals surface area contributed by atoms with Gasteiger partial charge in [-0.25, -0.2) is 4.79 Å². The second kappa shape index (κ2) is 6.12. The molecule has 1 aliphatic heterocycles. The molecule has 0 aliphatic carbocycles. The Balaban J connectivity index is 1.71. The Morgan fingerprint density at radius 2 is 2.53 bits per heavy atom. The lowest BCUT2D eigenvalue weighted by atomic mass is 10.1. The van der Waals surface area contributed by atoms with Gasteiger partial charge in [0.05, 0.1) is 24.0 Å². The Morgan fingerprint density at radius 3 is 3.18 bits per heavy atom. The fourth-order valence-electron chi connectivity index (χ4n) is 1.88. The zero-order valence-electron chi connectivity index (χ0n) is 9.98. The van der Waals surface area contributed by atoms with Gasteiger partial charge in [0.15, 0.2) is 0 Å². The van der Waals surface area contributed by atoms with Gasteiger partial charge >= 0.3 is 5.97 Å². The highest BCUT2D eigenvalue weighted by atomic mass is 32.1. The minimum absolute atomic E-state index is 0.262. The van der Waals surface area contributed by atoms with Gasteiger partial charge in [0, 0.05) is 18.4 Å². The van der Waals surface area contributed by atoms with Gasteiger partial charge in [-0.1, -0.05) is 0 Å². The van der Waals surface area contributed by atoms with Crippen molar-refractivity contribution in [2.24, 2.45) is 0 Å². The van der Waals surface area contributed by atoms with E-state index in [4.69, 9.17) is 9.47 Å². The molecule has 0 amide bonds. The average Bonchev–Trinajstić information content (AvgIpc) is 2.77. The van der Waals surface area contributed by atoms with Gasteiger partial charge in [-0.05, 0) is 37.7 Å². The van der Waals surface area contributed by atoms with E-state index in [1.165, 1.54) is 18.0 Å². The minimum Gasteiger partial charge on any atom is -0.462 e. The summed E-state index contributed by atoms with van der Waals surface area (Å²) in [7, 11) is 0. The Labute approximate surface area is 105 Å². The van der Waals surface area contributed by atoms with E-state index < -0.39 is 0 Å². The molecule has 4 nitrogen and oxygen atoms in total. The molecule has 2 rings (SSSR count). The molecule has 1 atom stereocenters. The second-order valence-corrected chi connectivity index (χ2v) is 4.86. The van der Waals surface area contributed by atoms with Gasteiger partial charge in [-0.2, -0.15) is 4.37 Å². The maximum atomic E-state index is 11.7. The Bertz CT molecular complexity index is 372. The van der Waals surface area contributed by atoms with Crippen LogP contribution in [-0.4, -0.2) is 29.7 Å². The molecule has 1 aromatic rings. The SMILES string of the molecule is Cc1nscc1C(=O)OCC[C@H]1CCCCO1. The lowest BCUT2D eigenvalue weighted by Gasteiger charge is -2.22. The number of ether oxygens (including phenoxy) is 2. The Kier molecular flexibility index (Phi) is 4.50. The number of carbonyl (C=O) groups is 1. The van der Waals surface area contributed by atoms with Crippen molar-refractivity contribution in [2.45, 2.75) is 38.7 Å². The first-order valence-corrected chi connectivity index (χ1v) is 6.80. The largest absolute Gasteiger partial charge is 0.462 e. The topological polar surface area (TPSA) is 48.4 Å². The van der Waals surface area contributed by atoms with Crippen LogP contribution in [0.25, 0.3) is 0 Å². The highest BCUT2D eigenvalue weighted by molar-refractivity contribution is 7.03. The monoisotopic (exact) mass is 255 g/mol. The molecule has 2 heterocycles. The van der Waals surface area contributed by atoms with Gasteiger partial charge in [0.2, 0.25) is 0 Å². The summed E-state index contributed by atoms with van der Waals surface area (Å²) < 4.78 is 14.8. The van der Waals surface area contributed by atoms with Crippen LogP contribution >= 0.6 is 11.5 Å². The van der Waals surface area contributed by atoms with E-state index in [2.05, 4.69) is 4.37 Å². The van der Waals surface area contributed by atoms with E-state index in [9.17, 15) is 4.79 Å². The molecule has 1 aromatic heterocycles. The fourth-order valence-corrected chi connectivity index (χ4v) is 2.57. The van der Waals surface area contributed by atoms with Crippen LogP contribution in [0.3, 0.4) is 0 Å². The minimum atomic E-state index is -0.271. The first-order chi connectivity index (χ1) is 8.27. The van der Waals surface area contributed by atoms with E-state index in [1.807, 2.05) is 6.92 Å². The summed E-state index contributed by atoms with van der Waals surface area (Å²) in [5.74, 6) is -0.271. The third-order valence-electron chi connectivity index (χ3n) is 2.92. The van der Waals surface area contributed by atoms with Crippen molar-refractivity contribution in [3.05, 3.63) is 16.6 Å². The van der Waals surface area contributed by atoms with Crippen LogP contribution in [0, 0.1) is 6.92 Å². The molecule has 0 N–H and O–H groups in total. The number of esters is 1. The summed E-state index contributed by atoms with van der Waals surface area (Å²) >= 11 is 1.28. The number of rotatable bonds is 4. The number of nitrogens with zero attached hydrogens (tertiary/aromatic N) is 1. The van der Waals surface area contributed by atoms with Crippen LogP contribution in [0.5, 0.6) is 0 Å². The molecule has 94 valence electrons. The van der Waals surface area contributed by atoms with Crippen LogP contribution in [0.2, 0.25) is 0 Å². The molecule has 0 spiro atoms. The van der Waals surface area contributed by atoms with E-state index in [-0.39, 0.29) is 12.1 Å². The molecule has 1 aliphatic rings. The van der Waals surface area contributed by atoms with Gasteiger partial charge < -0.3 is 9.47 Å². The predicted molar refractivity (Wildman–Crippen MR) is 65.3 cm³/mol. The molecule has 0 saturated carbocycles. The molecule has 1 fully saturated rings. The van der Waals surface area contributed by atoms with Gasteiger partial charge in [-0.3, -0.25) is 0 Å². The predicted octanol–water partition coefficient (Wildman–Crippen LogP) is 2.57. The fraction of sp³-hybridized carbons (Fsp3) is 0.667. The first-order valence-electron chi connectivity index (χ1n) is 5.97. The number of aromatic nitrogens is 1. The zero-order chi connectivity index (χ0) is 12.1. The van der Waals surface area contributed by atoms with Crippen molar-refractivity contribution in [3.63, 3.8) is 0 Å². The van der Waals surface area contributed by atoms with Crippen molar-refractivity contribution in [1.82, 2.24) is 4.37 Å². The highest BCUT2D eigenvalue weighted by Crippen LogP contribution is 2.16. The summed E-state index contributed by atoms with van der Waals surface area (Å²) in [5, 5.41) is 1.73. The zero-order valence-corrected chi connectivity index (χ0v) is 10.8. The van der Waals surface area contributed by atoms with Gasteiger partial charge in [0.25, 0.3) is 0 Å². The Morgan fingerprint density at radius 1 is 1.65 bits per heavy atom. The molecular weight excluding hydrogens is 238 g/mol. The van der Waals surface area contributed by atoms with Gasteiger partial charge in [0.1, 0.15) is 0 Å². The summed E-state index contributed by atoms with van der Waals surface area (Å²) in [5.41, 5.74) is 1.33. The first kappa shape index (κ1) is 12.5. The molecule has 0 aromatic carbocycles. The summed E-state index contributed by atoms with van der Waals surface area (Å²) in [6.45, 7) is 3.09. The standard InChI is InChI=1S/C12H17NO3S/c1-9-11(8-17-13-9)12(14)16-7-5-10-4-2-3-6-15-10/h8,10H,2-7H2,1H3/t10-/m1/s1. The van der Waals surface area contributed by atoms with Crippen LogP contribution in [0.1, 0.15) is 41.7 Å². The van der Waals surface area contributed by atoms with Crippen LogP contribution in [0.4, 0.5) is 0 Å². The maximum Gasteiger partial charge on any atom is 0.340 e. The molecule has 5 heteroatoms. The number of hydrogen-bond acceptors (Lipinski definition) is 5. The number of aryl methyl sites for hydroxylation is 1. The molecule has 0 bridgehead atoms. The Hall–Kier alpha value is -0.940. The average molecular weight is 255 g/mol. The van der Waals surface area contributed by atoms with Crippen molar-refractivity contribution in [2.75, 3.05) is 13.2 Å². The molecule has 0 unspecified atom stereocenters. The third-order valence-corrected chi connectivity index (χ3v) is 3.64. The molecular formula is C12H17NO3S. The van der Waals surface area contributed by atoms with Gasteiger partial charge in [-0.15, -0.1) is 0 Å². The lowest BCUT2D eigenvalue weighted by Crippen LogP contribution is -2.21. The second-order valence-electron chi connectivity index (χ2n) is 4.23. The summed E-state index contributed by atoms with van der Waals surface area (Å²) in [4.78, 5) is 11.7. The quantitative estimate of drug-likeness (QED) is 0.776. The van der Waals surface area contributed by atoms with E-state index in [0.717, 1.165) is 31.6 Å². The normalized spacial score (nSPS) is 20.2. The van der Waals surface area contributed by atoms with E-state index in [0.29, 0.717) is 12.2 Å². The smallest absolute Gasteiger partial charge is 0.340 e. The summed E-state index contributed by atoms with van der Waals surface area (Å²) in [6, 6.07) is 0. The van der Waals surface area contributed by atoms with Crippen LogP contribution in [0.15, 0.2) is 5.38 Å². The molecule has 1 saturated heterocycles. The van der Waals surface area contributed by atoms with E-state index >= 15 is 0 Å². The van der Waals surface area contributed by atoms with Crippen LogP contribution in [-0.2, 0) is 9.47 Å². The number of hydrogen-bond donors (Lipinski definition) is 0. The maximum absolute atomic E-state index is 11.7. The van der Waals surface area contributed by atoms with Crippen molar-refractivity contribution < 1.29 is 14.3 Å². The van der Waals surface area contributed by atoms with Crippen molar-refractivity contribution in [3.8, 4) is 0 Å². The summed E-state index contributed by atoms with van der Waals surface area (Å²) in [6.07, 6.45) is 4.50. The molecule has 0 radical (unpaired) electrons. The van der Waals surface area contributed by atoms with E-state index in [1.54, 1.807) is 5.38 Å². The van der Waals surface area contributed by atoms with Crippen molar-refractivity contribution >= 4 is 17.5 Å². The highest BCUT2D eigenvalue weighted by Gasteiger charge is 2.16. The third kappa shape index (κ3) is 3.51. The number of carbonyl (C=O) groups excluding carboxylic acids is 1. The molecule has 17 heavy (non-hydrogen) atoms. The van der Waals surface area contributed by atoms with Crippen molar-refractivity contribution in [1.29, 1.82) is 0 Å². The lowest BCUT2D eigenvalue weighted by molar-refractivity contribution is -0.00446.